The summed E-state index contributed by atoms with van der Waals surface area (Å²) in [5.41, 5.74) is 1.96. The minimum absolute atomic E-state index is 0.170. The summed E-state index contributed by atoms with van der Waals surface area (Å²) in [6.45, 7) is 2.06. The second-order valence-corrected chi connectivity index (χ2v) is 5.71. The molecule has 1 aromatic rings. The molecular weight excluding hydrogens is 240 g/mol. The topological polar surface area (TPSA) is 69.8 Å². The Hall–Kier alpha value is -1.36. The van der Waals surface area contributed by atoms with Crippen molar-refractivity contribution in [3.63, 3.8) is 0 Å². The highest BCUT2D eigenvalue weighted by molar-refractivity contribution is 5.93. The standard InChI is InChI=1S/C14H22N4O/c19-14(10-4-1-2-5-10)17-12-9-16-18-13(12)11-6-3-7-15-8-11/h9-11,15H,1-8H2,(H,16,18)(H,17,19)/t11-/m0/s1. The lowest BCUT2D eigenvalue weighted by molar-refractivity contribution is -0.119. The summed E-state index contributed by atoms with van der Waals surface area (Å²) in [6.07, 6.45) is 8.51. The largest absolute Gasteiger partial charge is 0.323 e. The van der Waals surface area contributed by atoms with E-state index >= 15 is 0 Å². The lowest BCUT2D eigenvalue weighted by Gasteiger charge is -2.23. The van der Waals surface area contributed by atoms with Gasteiger partial charge in [0, 0.05) is 18.4 Å². The Morgan fingerprint density at radius 2 is 2.11 bits per heavy atom. The first-order valence-corrected chi connectivity index (χ1v) is 7.39. The van der Waals surface area contributed by atoms with Crippen LogP contribution in [0.15, 0.2) is 6.20 Å². The maximum absolute atomic E-state index is 12.2. The number of rotatable bonds is 3. The molecule has 19 heavy (non-hydrogen) atoms. The van der Waals surface area contributed by atoms with Crippen LogP contribution >= 0.6 is 0 Å². The number of carbonyl (C=O) groups excluding carboxylic acids is 1. The molecule has 1 aromatic heterocycles. The van der Waals surface area contributed by atoms with E-state index in [1.165, 1.54) is 19.3 Å². The van der Waals surface area contributed by atoms with Crippen LogP contribution in [0.2, 0.25) is 0 Å². The molecule has 3 rings (SSSR count). The molecule has 0 unspecified atom stereocenters. The molecule has 104 valence electrons. The molecule has 1 aliphatic heterocycles. The predicted molar refractivity (Wildman–Crippen MR) is 74.0 cm³/mol. The molecule has 3 N–H and O–H groups in total. The van der Waals surface area contributed by atoms with Gasteiger partial charge in [0.25, 0.3) is 0 Å². The Morgan fingerprint density at radius 3 is 2.84 bits per heavy atom. The van der Waals surface area contributed by atoms with Gasteiger partial charge in [0.05, 0.1) is 17.6 Å². The molecule has 1 saturated carbocycles. The lowest BCUT2D eigenvalue weighted by atomic mass is 9.95. The molecule has 0 spiro atoms. The first-order valence-electron chi connectivity index (χ1n) is 7.39. The van der Waals surface area contributed by atoms with E-state index in [0.29, 0.717) is 5.92 Å². The third kappa shape index (κ3) is 2.81. The highest BCUT2D eigenvalue weighted by atomic mass is 16.1. The summed E-state index contributed by atoms with van der Waals surface area (Å²) >= 11 is 0. The monoisotopic (exact) mass is 262 g/mol. The molecule has 5 nitrogen and oxygen atoms in total. The Morgan fingerprint density at radius 1 is 1.26 bits per heavy atom. The van der Waals surface area contributed by atoms with E-state index in [1.54, 1.807) is 6.20 Å². The van der Waals surface area contributed by atoms with Gasteiger partial charge < -0.3 is 10.6 Å². The second kappa shape index (κ2) is 5.74. The molecule has 2 heterocycles. The Bertz CT molecular complexity index is 430. The number of nitrogens with one attached hydrogen (secondary N) is 3. The molecule has 1 saturated heterocycles. The molecule has 1 atom stereocenters. The van der Waals surface area contributed by atoms with Gasteiger partial charge in [0.15, 0.2) is 0 Å². The third-order valence-electron chi connectivity index (χ3n) is 4.36. The van der Waals surface area contributed by atoms with Crippen LogP contribution in [0.25, 0.3) is 0 Å². The number of hydrogen-bond acceptors (Lipinski definition) is 3. The molecule has 2 aliphatic rings. The quantitative estimate of drug-likeness (QED) is 0.780. The van der Waals surface area contributed by atoms with Crippen LogP contribution in [0.3, 0.4) is 0 Å². The average molecular weight is 262 g/mol. The zero-order valence-electron chi connectivity index (χ0n) is 11.2. The van der Waals surface area contributed by atoms with Gasteiger partial charge in [-0.15, -0.1) is 0 Å². The van der Waals surface area contributed by atoms with Gasteiger partial charge in [0.2, 0.25) is 5.91 Å². The fourth-order valence-electron chi connectivity index (χ4n) is 3.23. The molecule has 0 radical (unpaired) electrons. The average Bonchev–Trinajstić information content (AvgIpc) is 3.11. The van der Waals surface area contributed by atoms with Crippen molar-refractivity contribution in [2.75, 3.05) is 18.4 Å². The SMILES string of the molecule is O=C(Nc1cn[nH]c1[C@H]1CCCNC1)C1CCCC1. The summed E-state index contributed by atoms with van der Waals surface area (Å²) < 4.78 is 0. The van der Waals surface area contributed by atoms with Gasteiger partial charge in [-0.1, -0.05) is 12.8 Å². The highest BCUT2D eigenvalue weighted by Crippen LogP contribution is 2.30. The lowest BCUT2D eigenvalue weighted by Crippen LogP contribution is -2.29. The molecule has 1 amide bonds. The number of aromatic nitrogens is 2. The van der Waals surface area contributed by atoms with Crippen molar-refractivity contribution in [1.82, 2.24) is 15.5 Å². The van der Waals surface area contributed by atoms with Gasteiger partial charge in [0.1, 0.15) is 0 Å². The smallest absolute Gasteiger partial charge is 0.227 e. The predicted octanol–water partition coefficient (Wildman–Crippen LogP) is 2.01. The number of aromatic amines is 1. The van der Waals surface area contributed by atoms with E-state index in [1.807, 2.05) is 0 Å². The minimum Gasteiger partial charge on any atom is -0.323 e. The summed E-state index contributed by atoms with van der Waals surface area (Å²) in [6, 6.07) is 0. The Labute approximate surface area is 113 Å². The summed E-state index contributed by atoms with van der Waals surface area (Å²) in [4.78, 5) is 12.2. The van der Waals surface area contributed by atoms with Gasteiger partial charge in [-0.3, -0.25) is 9.89 Å². The van der Waals surface area contributed by atoms with Crippen molar-refractivity contribution >= 4 is 11.6 Å². The van der Waals surface area contributed by atoms with Gasteiger partial charge >= 0.3 is 0 Å². The first-order chi connectivity index (χ1) is 9.34. The van der Waals surface area contributed by atoms with Crippen LogP contribution in [0.1, 0.15) is 50.1 Å². The van der Waals surface area contributed by atoms with Crippen LogP contribution in [0.5, 0.6) is 0 Å². The second-order valence-electron chi connectivity index (χ2n) is 5.71. The normalized spacial score (nSPS) is 24.5. The van der Waals surface area contributed by atoms with E-state index in [4.69, 9.17) is 0 Å². The van der Waals surface area contributed by atoms with E-state index in [-0.39, 0.29) is 11.8 Å². The Kier molecular flexibility index (Phi) is 3.82. The van der Waals surface area contributed by atoms with Crippen molar-refractivity contribution in [2.45, 2.75) is 44.4 Å². The van der Waals surface area contributed by atoms with Crippen molar-refractivity contribution in [1.29, 1.82) is 0 Å². The number of amides is 1. The van der Waals surface area contributed by atoms with Crippen LogP contribution in [-0.2, 0) is 4.79 Å². The minimum atomic E-state index is 0.170. The maximum atomic E-state index is 12.2. The number of H-pyrrole nitrogens is 1. The Balaban J connectivity index is 1.67. The fourth-order valence-corrected chi connectivity index (χ4v) is 3.23. The van der Waals surface area contributed by atoms with Gasteiger partial charge in [-0.05, 0) is 32.2 Å². The summed E-state index contributed by atoms with van der Waals surface area (Å²) in [5.74, 6) is 0.811. The van der Waals surface area contributed by atoms with Crippen molar-refractivity contribution in [2.24, 2.45) is 5.92 Å². The van der Waals surface area contributed by atoms with Crippen LogP contribution < -0.4 is 10.6 Å². The number of hydrogen-bond donors (Lipinski definition) is 3. The molecule has 2 fully saturated rings. The molecule has 5 heteroatoms. The zero-order valence-corrected chi connectivity index (χ0v) is 11.2. The van der Waals surface area contributed by atoms with Crippen molar-refractivity contribution in [3.8, 4) is 0 Å². The first kappa shape index (κ1) is 12.7. The number of anilines is 1. The van der Waals surface area contributed by atoms with E-state index in [0.717, 1.165) is 43.7 Å². The molecular formula is C14H22N4O. The third-order valence-corrected chi connectivity index (χ3v) is 4.36. The highest BCUT2D eigenvalue weighted by Gasteiger charge is 2.25. The van der Waals surface area contributed by atoms with Gasteiger partial charge in [-0.25, -0.2) is 0 Å². The van der Waals surface area contributed by atoms with Gasteiger partial charge in [-0.2, -0.15) is 5.10 Å². The maximum Gasteiger partial charge on any atom is 0.227 e. The van der Waals surface area contributed by atoms with Crippen LogP contribution in [-0.4, -0.2) is 29.2 Å². The summed E-state index contributed by atoms with van der Waals surface area (Å²) in [5, 5.41) is 13.6. The number of nitrogens with zero attached hydrogens (tertiary/aromatic N) is 1. The van der Waals surface area contributed by atoms with E-state index in [2.05, 4.69) is 20.8 Å². The zero-order chi connectivity index (χ0) is 13.1. The fraction of sp³-hybridized carbons (Fsp3) is 0.714. The number of piperidine rings is 1. The molecule has 0 bridgehead atoms. The molecule has 0 aromatic carbocycles. The molecule has 1 aliphatic carbocycles. The van der Waals surface area contributed by atoms with Crippen LogP contribution in [0, 0.1) is 5.92 Å². The van der Waals surface area contributed by atoms with E-state index in [9.17, 15) is 4.79 Å². The van der Waals surface area contributed by atoms with Crippen molar-refractivity contribution < 1.29 is 4.79 Å². The van der Waals surface area contributed by atoms with Crippen molar-refractivity contribution in [3.05, 3.63) is 11.9 Å². The number of carbonyl (C=O) groups is 1. The van der Waals surface area contributed by atoms with E-state index < -0.39 is 0 Å². The summed E-state index contributed by atoms with van der Waals surface area (Å²) in [7, 11) is 0. The van der Waals surface area contributed by atoms with Crippen LogP contribution in [0.4, 0.5) is 5.69 Å².